The Bertz CT molecular complexity index is 282. The van der Waals surface area contributed by atoms with Crippen molar-refractivity contribution in [2.24, 2.45) is 11.1 Å². The molecule has 0 radical (unpaired) electrons. The number of likely N-dealkylation sites (tertiary alicyclic amines) is 1. The fourth-order valence-corrected chi connectivity index (χ4v) is 2.03. The van der Waals surface area contributed by atoms with Crippen LogP contribution in [0.1, 0.15) is 19.8 Å². The molecule has 0 amide bonds. The van der Waals surface area contributed by atoms with Crippen molar-refractivity contribution in [1.29, 1.82) is 0 Å². The first-order valence-electron chi connectivity index (χ1n) is 6.00. The van der Waals surface area contributed by atoms with Gasteiger partial charge in [0, 0.05) is 38.6 Å². The van der Waals surface area contributed by atoms with Gasteiger partial charge >= 0.3 is 6.18 Å². The molecule has 0 saturated carbocycles. The van der Waals surface area contributed by atoms with Gasteiger partial charge in [0.25, 0.3) is 0 Å². The molecule has 1 fully saturated rings. The highest BCUT2D eigenvalue weighted by molar-refractivity contribution is 5.86. The van der Waals surface area contributed by atoms with Crippen molar-refractivity contribution in [3.63, 3.8) is 0 Å². The fraction of sp³-hybridized carbons (Fsp3) is 0.909. The number of alkyl halides is 3. The number of nitrogens with zero attached hydrogens (tertiary/aromatic N) is 2. The second-order valence-electron chi connectivity index (χ2n) is 4.56. The maximum atomic E-state index is 11.8. The van der Waals surface area contributed by atoms with Crippen LogP contribution in [0.4, 0.5) is 13.2 Å². The largest absolute Gasteiger partial charge is 0.411 e. The van der Waals surface area contributed by atoms with Gasteiger partial charge in [0.2, 0.25) is 0 Å². The summed E-state index contributed by atoms with van der Waals surface area (Å²) in [5.74, 6) is 0.194. The molecule has 1 aliphatic rings. The van der Waals surface area contributed by atoms with Gasteiger partial charge in [-0.05, 0) is 6.42 Å². The third kappa shape index (κ3) is 5.68. The molecule has 0 aromatic heterocycles. The van der Waals surface area contributed by atoms with E-state index in [-0.39, 0.29) is 12.5 Å². The van der Waals surface area contributed by atoms with Crippen LogP contribution >= 0.6 is 0 Å². The first-order valence-corrected chi connectivity index (χ1v) is 6.00. The zero-order chi connectivity index (χ0) is 13.6. The number of ether oxygens (including phenoxy) is 1. The Morgan fingerprint density at radius 3 is 2.78 bits per heavy atom. The molecule has 1 unspecified atom stereocenters. The number of rotatable bonds is 5. The van der Waals surface area contributed by atoms with E-state index in [9.17, 15) is 13.2 Å². The van der Waals surface area contributed by atoms with Crippen LogP contribution in [-0.2, 0) is 4.74 Å². The van der Waals surface area contributed by atoms with Crippen LogP contribution in [0.3, 0.4) is 0 Å². The second-order valence-corrected chi connectivity index (χ2v) is 4.56. The summed E-state index contributed by atoms with van der Waals surface area (Å²) in [6.45, 7) is 3.18. The van der Waals surface area contributed by atoms with E-state index in [4.69, 9.17) is 5.21 Å². The Morgan fingerprint density at radius 2 is 2.22 bits per heavy atom. The highest BCUT2D eigenvalue weighted by Gasteiger charge is 2.27. The van der Waals surface area contributed by atoms with E-state index in [1.54, 1.807) is 0 Å². The first kappa shape index (κ1) is 15.2. The third-order valence-electron chi connectivity index (χ3n) is 2.94. The van der Waals surface area contributed by atoms with E-state index in [0.717, 1.165) is 18.8 Å². The van der Waals surface area contributed by atoms with Crippen LogP contribution in [0.15, 0.2) is 5.16 Å². The molecule has 1 heterocycles. The van der Waals surface area contributed by atoms with E-state index in [1.165, 1.54) is 0 Å². The van der Waals surface area contributed by atoms with Gasteiger partial charge in [-0.15, -0.1) is 0 Å². The number of hydrogen-bond acceptors (Lipinski definition) is 4. The molecule has 1 aliphatic heterocycles. The Hall–Kier alpha value is -0.820. The molecule has 1 N–H and O–H groups in total. The Balaban J connectivity index is 2.11. The van der Waals surface area contributed by atoms with Crippen LogP contribution < -0.4 is 0 Å². The summed E-state index contributed by atoms with van der Waals surface area (Å²) < 4.78 is 39.9. The highest BCUT2D eigenvalue weighted by atomic mass is 19.4. The molecule has 1 rings (SSSR count). The summed E-state index contributed by atoms with van der Waals surface area (Å²) in [7, 11) is 0. The number of oxime groups is 1. The summed E-state index contributed by atoms with van der Waals surface area (Å²) in [6.07, 6.45) is -2.96. The van der Waals surface area contributed by atoms with Gasteiger partial charge in [0.15, 0.2) is 0 Å². The lowest BCUT2D eigenvalue weighted by Crippen LogP contribution is -2.40. The molecule has 0 aromatic rings. The van der Waals surface area contributed by atoms with Gasteiger partial charge in [0.05, 0.1) is 5.71 Å². The molecule has 1 saturated heterocycles. The molecule has 0 aromatic carbocycles. The Labute approximate surface area is 104 Å². The van der Waals surface area contributed by atoms with E-state index < -0.39 is 12.8 Å². The molecule has 0 aliphatic carbocycles. The summed E-state index contributed by atoms with van der Waals surface area (Å²) in [5, 5.41) is 12.0. The van der Waals surface area contributed by atoms with Gasteiger partial charge in [-0.2, -0.15) is 13.2 Å². The summed E-state index contributed by atoms with van der Waals surface area (Å²) >= 11 is 0. The van der Waals surface area contributed by atoms with Crippen LogP contribution in [0.25, 0.3) is 0 Å². The van der Waals surface area contributed by atoms with E-state index >= 15 is 0 Å². The van der Waals surface area contributed by atoms with Crippen molar-refractivity contribution in [2.75, 3.05) is 32.8 Å². The van der Waals surface area contributed by atoms with Gasteiger partial charge in [0.1, 0.15) is 6.61 Å². The van der Waals surface area contributed by atoms with Crippen molar-refractivity contribution in [2.45, 2.75) is 25.9 Å². The maximum absolute atomic E-state index is 11.8. The lowest BCUT2D eigenvalue weighted by Gasteiger charge is -2.31. The average molecular weight is 268 g/mol. The summed E-state index contributed by atoms with van der Waals surface area (Å²) in [5.41, 5.74) is 0.791. The highest BCUT2D eigenvalue weighted by Crippen LogP contribution is 2.15. The molecule has 4 nitrogen and oxygen atoms in total. The SMILES string of the molecule is CC1CN(CCCOCC(F)(F)F)CCC1=NO. The topological polar surface area (TPSA) is 45.1 Å². The van der Waals surface area contributed by atoms with E-state index in [2.05, 4.69) is 14.8 Å². The minimum atomic E-state index is -4.24. The number of piperidine rings is 1. The van der Waals surface area contributed by atoms with Gasteiger partial charge in [-0.1, -0.05) is 12.1 Å². The Kier molecular flexibility index (Phi) is 5.87. The molecular formula is C11H19F3N2O2. The second kappa shape index (κ2) is 6.94. The lowest BCUT2D eigenvalue weighted by atomic mass is 9.97. The van der Waals surface area contributed by atoms with Gasteiger partial charge in [-0.25, -0.2) is 0 Å². The smallest absolute Gasteiger partial charge is 0.411 e. The number of hydrogen-bond donors (Lipinski definition) is 1. The van der Waals surface area contributed by atoms with Crippen molar-refractivity contribution in [3.8, 4) is 0 Å². The van der Waals surface area contributed by atoms with Crippen molar-refractivity contribution in [1.82, 2.24) is 4.90 Å². The first-order chi connectivity index (χ1) is 8.42. The summed E-state index contributed by atoms with van der Waals surface area (Å²) in [6, 6.07) is 0. The molecule has 0 spiro atoms. The molecule has 0 bridgehead atoms. The minimum absolute atomic E-state index is 0.116. The van der Waals surface area contributed by atoms with Crippen molar-refractivity contribution in [3.05, 3.63) is 0 Å². The molecule has 106 valence electrons. The summed E-state index contributed by atoms with van der Waals surface area (Å²) in [4.78, 5) is 2.15. The standard InChI is InChI=1S/C11H19F3N2O2/c1-9-7-16(5-3-10(9)15-17)4-2-6-18-8-11(12,13)14/h9,17H,2-8H2,1H3. The Morgan fingerprint density at radius 1 is 1.50 bits per heavy atom. The minimum Gasteiger partial charge on any atom is -0.411 e. The molecule has 1 atom stereocenters. The predicted molar refractivity (Wildman–Crippen MR) is 60.9 cm³/mol. The van der Waals surface area contributed by atoms with Crippen LogP contribution in [0.2, 0.25) is 0 Å². The maximum Gasteiger partial charge on any atom is 0.411 e. The molecule has 18 heavy (non-hydrogen) atoms. The number of halogens is 3. The zero-order valence-corrected chi connectivity index (χ0v) is 10.4. The normalized spacial score (nSPS) is 24.7. The monoisotopic (exact) mass is 268 g/mol. The average Bonchev–Trinajstić information content (AvgIpc) is 2.27. The zero-order valence-electron chi connectivity index (χ0n) is 10.4. The van der Waals surface area contributed by atoms with Gasteiger partial charge in [-0.3, -0.25) is 0 Å². The molecular weight excluding hydrogens is 249 g/mol. The van der Waals surface area contributed by atoms with E-state index in [1.807, 2.05) is 6.92 Å². The van der Waals surface area contributed by atoms with Crippen molar-refractivity contribution < 1.29 is 23.1 Å². The predicted octanol–water partition coefficient (Wildman–Crippen LogP) is 2.13. The van der Waals surface area contributed by atoms with Crippen LogP contribution in [0.5, 0.6) is 0 Å². The molecule has 7 heteroatoms. The fourth-order valence-electron chi connectivity index (χ4n) is 2.03. The van der Waals surface area contributed by atoms with Gasteiger partial charge < -0.3 is 14.8 Å². The van der Waals surface area contributed by atoms with Crippen molar-refractivity contribution >= 4 is 5.71 Å². The third-order valence-corrected chi connectivity index (χ3v) is 2.94. The van der Waals surface area contributed by atoms with Crippen LogP contribution in [0, 0.1) is 5.92 Å². The lowest BCUT2D eigenvalue weighted by molar-refractivity contribution is -0.174. The van der Waals surface area contributed by atoms with E-state index in [0.29, 0.717) is 19.4 Å². The van der Waals surface area contributed by atoms with Crippen LogP contribution in [-0.4, -0.2) is 54.8 Å². The quantitative estimate of drug-likeness (QED) is 0.472.